The van der Waals surface area contributed by atoms with E-state index in [1.54, 1.807) is 21.7 Å². The van der Waals surface area contributed by atoms with E-state index in [1.165, 1.54) is 0 Å². The molecule has 5 heteroatoms. The molecule has 15 heavy (non-hydrogen) atoms. The fourth-order valence-corrected chi connectivity index (χ4v) is 2.09. The molecule has 1 fully saturated rings. The Hall–Kier alpha value is -0.940. The number of nitrogens with one attached hydrogen (secondary N) is 1. The van der Waals surface area contributed by atoms with E-state index in [1.807, 2.05) is 12.4 Å². The number of aromatic nitrogens is 1. The maximum absolute atomic E-state index is 11.7. The SMILES string of the molecule is CN(Cc1cscn1)C(=O)CC1CNC1. The molecule has 1 aromatic rings. The van der Waals surface area contributed by atoms with Crippen molar-refractivity contribution in [2.24, 2.45) is 5.92 Å². The second-order valence-electron chi connectivity index (χ2n) is 3.96. The van der Waals surface area contributed by atoms with Gasteiger partial charge < -0.3 is 10.2 Å². The predicted molar refractivity (Wildman–Crippen MR) is 59.6 cm³/mol. The van der Waals surface area contributed by atoms with Gasteiger partial charge in [-0.15, -0.1) is 11.3 Å². The zero-order valence-corrected chi connectivity index (χ0v) is 9.59. The van der Waals surface area contributed by atoms with Crippen molar-refractivity contribution in [1.82, 2.24) is 15.2 Å². The Labute approximate surface area is 93.3 Å². The van der Waals surface area contributed by atoms with E-state index in [4.69, 9.17) is 0 Å². The fourth-order valence-electron chi connectivity index (χ4n) is 1.54. The van der Waals surface area contributed by atoms with Crippen LogP contribution < -0.4 is 5.32 Å². The molecule has 2 rings (SSSR count). The standard InChI is InChI=1S/C10H15N3OS/c1-13(5-9-6-15-7-12-9)10(14)2-8-3-11-4-8/h6-8,11H,2-5H2,1H3. The highest BCUT2D eigenvalue weighted by atomic mass is 32.1. The molecule has 1 aromatic heterocycles. The minimum Gasteiger partial charge on any atom is -0.340 e. The van der Waals surface area contributed by atoms with Gasteiger partial charge in [0.25, 0.3) is 0 Å². The number of rotatable bonds is 4. The fraction of sp³-hybridized carbons (Fsp3) is 0.600. The molecule has 0 unspecified atom stereocenters. The van der Waals surface area contributed by atoms with Crippen LogP contribution in [0, 0.1) is 5.92 Å². The van der Waals surface area contributed by atoms with E-state index in [-0.39, 0.29) is 5.91 Å². The first kappa shape index (κ1) is 10.6. The lowest BCUT2D eigenvalue weighted by molar-refractivity contribution is -0.131. The van der Waals surface area contributed by atoms with Gasteiger partial charge in [0.2, 0.25) is 5.91 Å². The summed E-state index contributed by atoms with van der Waals surface area (Å²) in [4.78, 5) is 17.7. The number of hydrogen-bond acceptors (Lipinski definition) is 4. The molecule has 1 saturated heterocycles. The summed E-state index contributed by atoms with van der Waals surface area (Å²) in [6.07, 6.45) is 0.660. The summed E-state index contributed by atoms with van der Waals surface area (Å²) in [5, 5.41) is 5.15. The molecule has 0 bridgehead atoms. The van der Waals surface area contributed by atoms with Crippen molar-refractivity contribution < 1.29 is 4.79 Å². The third-order valence-corrected chi connectivity index (χ3v) is 3.27. The summed E-state index contributed by atoms with van der Waals surface area (Å²) in [6.45, 7) is 2.59. The van der Waals surface area contributed by atoms with Crippen LogP contribution in [0.2, 0.25) is 0 Å². The van der Waals surface area contributed by atoms with Crippen LogP contribution >= 0.6 is 11.3 Å². The van der Waals surface area contributed by atoms with Gasteiger partial charge >= 0.3 is 0 Å². The lowest BCUT2D eigenvalue weighted by Crippen LogP contribution is -2.44. The largest absolute Gasteiger partial charge is 0.340 e. The molecule has 1 aliphatic rings. The van der Waals surface area contributed by atoms with Gasteiger partial charge in [-0.1, -0.05) is 0 Å². The van der Waals surface area contributed by atoms with E-state index in [0.29, 0.717) is 18.9 Å². The summed E-state index contributed by atoms with van der Waals surface area (Å²) < 4.78 is 0. The van der Waals surface area contributed by atoms with Crippen LogP contribution in [0.1, 0.15) is 12.1 Å². The van der Waals surface area contributed by atoms with Gasteiger partial charge in [-0.25, -0.2) is 4.98 Å². The third kappa shape index (κ3) is 2.76. The first-order chi connectivity index (χ1) is 7.25. The summed E-state index contributed by atoms with van der Waals surface area (Å²) in [5.74, 6) is 0.755. The van der Waals surface area contributed by atoms with E-state index in [0.717, 1.165) is 18.8 Å². The van der Waals surface area contributed by atoms with Crippen LogP contribution in [-0.4, -0.2) is 35.9 Å². The molecule has 0 atom stereocenters. The van der Waals surface area contributed by atoms with Crippen LogP contribution in [0.15, 0.2) is 10.9 Å². The number of carbonyl (C=O) groups excluding carboxylic acids is 1. The molecular weight excluding hydrogens is 210 g/mol. The smallest absolute Gasteiger partial charge is 0.223 e. The van der Waals surface area contributed by atoms with Gasteiger partial charge in [0.05, 0.1) is 17.7 Å². The molecule has 0 spiro atoms. The lowest BCUT2D eigenvalue weighted by Gasteiger charge is -2.28. The molecule has 0 radical (unpaired) electrons. The molecule has 1 N–H and O–H groups in total. The second-order valence-corrected chi connectivity index (χ2v) is 4.68. The number of hydrogen-bond donors (Lipinski definition) is 1. The molecule has 2 heterocycles. The highest BCUT2D eigenvalue weighted by Crippen LogP contribution is 2.11. The average molecular weight is 225 g/mol. The molecule has 0 aliphatic carbocycles. The molecule has 0 aromatic carbocycles. The Balaban J connectivity index is 1.79. The molecular formula is C10H15N3OS. The average Bonchev–Trinajstić information content (AvgIpc) is 2.63. The molecule has 1 amide bonds. The molecule has 0 saturated carbocycles. The van der Waals surface area contributed by atoms with Crippen LogP contribution in [0.25, 0.3) is 0 Å². The van der Waals surface area contributed by atoms with Gasteiger partial charge in [-0.2, -0.15) is 0 Å². The maximum Gasteiger partial charge on any atom is 0.223 e. The van der Waals surface area contributed by atoms with Crippen molar-refractivity contribution in [1.29, 1.82) is 0 Å². The summed E-state index contributed by atoms with van der Waals surface area (Å²) in [6, 6.07) is 0. The number of thiazole rings is 1. The quantitative estimate of drug-likeness (QED) is 0.821. The normalized spacial score (nSPS) is 16.1. The van der Waals surface area contributed by atoms with Crippen molar-refractivity contribution >= 4 is 17.2 Å². The lowest BCUT2D eigenvalue weighted by atomic mass is 9.99. The van der Waals surface area contributed by atoms with Gasteiger partial charge in [-0.05, 0) is 19.0 Å². The van der Waals surface area contributed by atoms with Crippen LogP contribution in [0.4, 0.5) is 0 Å². The number of amides is 1. The van der Waals surface area contributed by atoms with Crippen molar-refractivity contribution in [3.05, 3.63) is 16.6 Å². The minimum atomic E-state index is 0.217. The van der Waals surface area contributed by atoms with Crippen molar-refractivity contribution in [2.75, 3.05) is 20.1 Å². The molecule has 1 aliphatic heterocycles. The summed E-state index contributed by atoms with van der Waals surface area (Å²) in [5.41, 5.74) is 2.77. The monoisotopic (exact) mass is 225 g/mol. The minimum absolute atomic E-state index is 0.217. The molecule has 82 valence electrons. The highest BCUT2D eigenvalue weighted by molar-refractivity contribution is 7.07. The Morgan fingerprint density at radius 1 is 1.73 bits per heavy atom. The van der Waals surface area contributed by atoms with Crippen LogP contribution in [0.5, 0.6) is 0 Å². The Kier molecular flexibility index (Phi) is 3.33. The van der Waals surface area contributed by atoms with E-state index in [9.17, 15) is 4.79 Å². The highest BCUT2D eigenvalue weighted by Gasteiger charge is 2.22. The van der Waals surface area contributed by atoms with Crippen molar-refractivity contribution in [2.45, 2.75) is 13.0 Å². The number of nitrogens with zero attached hydrogens (tertiary/aromatic N) is 2. The zero-order chi connectivity index (χ0) is 10.7. The van der Waals surface area contributed by atoms with E-state index >= 15 is 0 Å². The van der Waals surface area contributed by atoms with Crippen LogP contribution in [-0.2, 0) is 11.3 Å². The topological polar surface area (TPSA) is 45.2 Å². The second kappa shape index (κ2) is 4.72. The van der Waals surface area contributed by atoms with Crippen molar-refractivity contribution in [3.8, 4) is 0 Å². The van der Waals surface area contributed by atoms with Crippen molar-refractivity contribution in [3.63, 3.8) is 0 Å². The number of carbonyl (C=O) groups is 1. The Morgan fingerprint density at radius 3 is 3.07 bits per heavy atom. The Morgan fingerprint density at radius 2 is 2.53 bits per heavy atom. The summed E-state index contributed by atoms with van der Waals surface area (Å²) in [7, 11) is 1.84. The van der Waals surface area contributed by atoms with Gasteiger partial charge in [0, 0.05) is 18.8 Å². The summed E-state index contributed by atoms with van der Waals surface area (Å²) >= 11 is 1.56. The van der Waals surface area contributed by atoms with Gasteiger partial charge in [0.15, 0.2) is 0 Å². The molecule has 4 nitrogen and oxygen atoms in total. The van der Waals surface area contributed by atoms with E-state index in [2.05, 4.69) is 10.3 Å². The third-order valence-electron chi connectivity index (χ3n) is 2.64. The zero-order valence-electron chi connectivity index (χ0n) is 8.77. The van der Waals surface area contributed by atoms with E-state index < -0.39 is 0 Å². The van der Waals surface area contributed by atoms with Crippen LogP contribution in [0.3, 0.4) is 0 Å². The Bertz CT molecular complexity index is 321. The van der Waals surface area contributed by atoms with Gasteiger partial charge in [0.1, 0.15) is 0 Å². The first-order valence-corrected chi connectivity index (χ1v) is 6.01. The predicted octanol–water partition coefficient (Wildman–Crippen LogP) is 0.711. The van der Waals surface area contributed by atoms with Gasteiger partial charge in [-0.3, -0.25) is 4.79 Å². The first-order valence-electron chi connectivity index (χ1n) is 5.07. The maximum atomic E-state index is 11.7.